The molecule has 1 aromatic carbocycles. The quantitative estimate of drug-likeness (QED) is 0.737. The third-order valence-electron chi connectivity index (χ3n) is 2.71. The molecular weight excluding hydrogens is 265 g/mol. The Morgan fingerprint density at radius 1 is 1.33 bits per heavy atom. The number of hydrogen-bond acceptors (Lipinski definition) is 1. The molecule has 0 aromatic heterocycles. The number of nitrogens with one attached hydrogen (secondary N) is 1. The van der Waals surface area contributed by atoms with Crippen LogP contribution in [0.15, 0.2) is 18.2 Å². The van der Waals surface area contributed by atoms with Gasteiger partial charge in [0.05, 0.1) is 0 Å². The Hall–Kier alpha value is -0.680. The number of halogens is 2. The van der Waals surface area contributed by atoms with Crippen LogP contribution >= 0.6 is 23.2 Å². The molecule has 0 saturated carbocycles. The molecule has 0 bridgehead atoms. The van der Waals surface area contributed by atoms with Gasteiger partial charge in [-0.1, -0.05) is 30.1 Å². The van der Waals surface area contributed by atoms with Crippen LogP contribution in [0, 0.1) is 11.8 Å². The Balaban J connectivity index is 2.84. The third kappa shape index (κ3) is 4.90. The van der Waals surface area contributed by atoms with Crippen molar-refractivity contribution in [2.75, 3.05) is 6.54 Å². The van der Waals surface area contributed by atoms with Crippen LogP contribution in [0.2, 0.25) is 10.0 Å². The molecule has 1 aromatic rings. The van der Waals surface area contributed by atoms with E-state index in [9.17, 15) is 0 Å². The predicted octanol–water partition coefficient (Wildman–Crippen LogP) is 4.84. The van der Waals surface area contributed by atoms with Crippen LogP contribution < -0.4 is 5.32 Å². The summed E-state index contributed by atoms with van der Waals surface area (Å²) in [5.74, 6) is 6.01. The fourth-order valence-corrected chi connectivity index (χ4v) is 2.24. The molecule has 0 aliphatic carbocycles. The first-order chi connectivity index (χ1) is 8.69. The Morgan fingerprint density at radius 3 is 2.78 bits per heavy atom. The van der Waals surface area contributed by atoms with Gasteiger partial charge >= 0.3 is 0 Å². The zero-order valence-electron chi connectivity index (χ0n) is 10.9. The Kier molecular flexibility index (Phi) is 7.20. The molecule has 0 aliphatic rings. The molecule has 0 heterocycles. The minimum Gasteiger partial charge on any atom is -0.310 e. The Morgan fingerprint density at radius 2 is 2.11 bits per heavy atom. The fraction of sp³-hybridized carbons (Fsp3) is 0.467. The van der Waals surface area contributed by atoms with Crippen molar-refractivity contribution < 1.29 is 0 Å². The van der Waals surface area contributed by atoms with E-state index in [1.54, 1.807) is 0 Å². The van der Waals surface area contributed by atoms with Gasteiger partial charge in [0.2, 0.25) is 0 Å². The molecule has 0 spiro atoms. The van der Waals surface area contributed by atoms with Gasteiger partial charge in [0.25, 0.3) is 0 Å². The number of hydrogen-bond donors (Lipinski definition) is 1. The minimum absolute atomic E-state index is 0.219. The smallest absolute Gasteiger partial charge is 0.0454 e. The van der Waals surface area contributed by atoms with Crippen LogP contribution in [0.1, 0.15) is 44.7 Å². The zero-order valence-corrected chi connectivity index (χ0v) is 12.4. The molecule has 1 unspecified atom stereocenters. The average Bonchev–Trinajstić information content (AvgIpc) is 2.37. The van der Waals surface area contributed by atoms with Crippen LogP contribution in [-0.4, -0.2) is 6.54 Å². The normalized spacial score (nSPS) is 11.8. The van der Waals surface area contributed by atoms with E-state index < -0.39 is 0 Å². The second-order valence-electron chi connectivity index (χ2n) is 4.14. The molecular formula is C15H19Cl2N. The van der Waals surface area contributed by atoms with Gasteiger partial charge in [-0.05, 0) is 50.1 Å². The summed E-state index contributed by atoms with van der Waals surface area (Å²) in [4.78, 5) is 0. The molecule has 1 rings (SSSR count). The summed E-state index contributed by atoms with van der Waals surface area (Å²) in [7, 11) is 0. The average molecular weight is 284 g/mol. The molecule has 1 N–H and O–H groups in total. The van der Waals surface area contributed by atoms with Crippen LogP contribution in [0.25, 0.3) is 0 Å². The summed E-state index contributed by atoms with van der Waals surface area (Å²) in [5.41, 5.74) is 1.07. The summed E-state index contributed by atoms with van der Waals surface area (Å²) >= 11 is 12.3. The van der Waals surface area contributed by atoms with Gasteiger partial charge in [0.1, 0.15) is 0 Å². The Bertz CT molecular complexity index is 432. The summed E-state index contributed by atoms with van der Waals surface area (Å²) < 4.78 is 0. The van der Waals surface area contributed by atoms with Crippen molar-refractivity contribution in [1.29, 1.82) is 0 Å². The van der Waals surface area contributed by atoms with Crippen molar-refractivity contribution in [2.45, 2.75) is 39.2 Å². The topological polar surface area (TPSA) is 12.0 Å². The maximum absolute atomic E-state index is 6.25. The highest BCUT2D eigenvalue weighted by atomic mass is 35.5. The lowest BCUT2D eigenvalue weighted by molar-refractivity contribution is 0.506. The molecule has 0 radical (unpaired) electrons. The summed E-state index contributed by atoms with van der Waals surface area (Å²) in [6.07, 6.45) is 2.90. The fourth-order valence-electron chi connectivity index (χ4n) is 1.81. The molecule has 18 heavy (non-hydrogen) atoms. The third-order valence-corrected chi connectivity index (χ3v) is 3.29. The molecule has 0 aliphatic heterocycles. The van der Waals surface area contributed by atoms with Crippen LogP contribution in [0.5, 0.6) is 0 Å². The highest BCUT2D eigenvalue weighted by Crippen LogP contribution is 2.28. The van der Waals surface area contributed by atoms with E-state index in [2.05, 4.69) is 24.1 Å². The standard InChI is InChI=1S/C15H19Cl2N/c1-3-5-6-7-15(18-10-4-2)13-11-12(16)8-9-14(13)17/h8-9,11,15,18H,4,6-7,10H2,1-2H3. The Labute approximate surface area is 120 Å². The van der Waals surface area contributed by atoms with Crippen LogP contribution in [0.3, 0.4) is 0 Å². The summed E-state index contributed by atoms with van der Waals surface area (Å²) in [5, 5.41) is 4.98. The van der Waals surface area contributed by atoms with Gasteiger partial charge in [0, 0.05) is 22.5 Å². The van der Waals surface area contributed by atoms with Crippen molar-refractivity contribution in [3.63, 3.8) is 0 Å². The van der Waals surface area contributed by atoms with Crippen LogP contribution in [-0.2, 0) is 0 Å². The van der Waals surface area contributed by atoms with E-state index >= 15 is 0 Å². The zero-order chi connectivity index (χ0) is 13.4. The first kappa shape index (κ1) is 15.4. The highest BCUT2D eigenvalue weighted by Gasteiger charge is 2.13. The van der Waals surface area contributed by atoms with Crippen molar-refractivity contribution in [3.8, 4) is 11.8 Å². The van der Waals surface area contributed by atoms with E-state index in [1.807, 2.05) is 25.1 Å². The number of benzene rings is 1. The first-order valence-electron chi connectivity index (χ1n) is 6.27. The maximum atomic E-state index is 6.25. The second-order valence-corrected chi connectivity index (χ2v) is 4.98. The van der Waals surface area contributed by atoms with E-state index in [4.69, 9.17) is 23.2 Å². The molecule has 3 heteroatoms. The van der Waals surface area contributed by atoms with E-state index in [1.165, 1.54) is 0 Å². The molecule has 0 saturated heterocycles. The van der Waals surface area contributed by atoms with E-state index in [-0.39, 0.29) is 6.04 Å². The largest absolute Gasteiger partial charge is 0.310 e. The summed E-state index contributed by atoms with van der Waals surface area (Å²) in [6.45, 7) is 4.98. The van der Waals surface area contributed by atoms with E-state index in [0.717, 1.165) is 41.4 Å². The minimum atomic E-state index is 0.219. The second kappa shape index (κ2) is 8.43. The predicted molar refractivity (Wildman–Crippen MR) is 80.2 cm³/mol. The van der Waals surface area contributed by atoms with Crippen molar-refractivity contribution in [1.82, 2.24) is 5.32 Å². The molecule has 1 atom stereocenters. The van der Waals surface area contributed by atoms with E-state index in [0.29, 0.717) is 0 Å². The monoisotopic (exact) mass is 283 g/mol. The first-order valence-corrected chi connectivity index (χ1v) is 7.02. The van der Waals surface area contributed by atoms with Gasteiger partial charge in [-0.15, -0.1) is 11.8 Å². The van der Waals surface area contributed by atoms with Crippen molar-refractivity contribution >= 4 is 23.2 Å². The SMILES string of the molecule is CC#CCCC(NCCC)c1cc(Cl)ccc1Cl. The van der Waals surface area contributed by atoms with Gasteiger partial charge in [-0.3, -0.25) is 0 Å². The lowest BCUT2D eigenvalue weighted by Gasteiger charge is -2.19. The lowest BCUT2D eigenvalue weighted by Crippen LogP contribution is -2.22. The molecule has 0 fully saturated rings. The lowest BCUT2D eigenvalue weighted by atomic mass is 10.0. The van der Waals surface area contributed by atoms with Gasteiger partial charge in [-0.2, -0.15) is 0 Å². The van der Waals surface area contributed by atoms with Gasteiger partial charge in [0.15, 0.2) is 0 Å². The van der Waals surface area contributed by atoms with Crippen LogP contribution in [0.4, 0.5) is 0 Å². The summed E-state index contributed by atoms with van der Waals surface area (Å²) in [6, 6.07) is 5.83. The van der Waals surface area contributed by atoms with Gasteiger partial charge < -0.3 is 5.32 Å². The number of rotatable bonds is 6. The molecule has 98 valence electrons. The van der Waals surface area contributed by atoms with Gasteiger partial charge in [-0.25, -0.2) is 0 Å². The molecule has 1 nitrogen and oxygen atoms in total. The molecule has 0 amide bonds. The van der Waals surface area contributed by atoms with Crippen molar-refractivity contribution in [2.24, 2.45) is 0 Å². The van der Waals surface area contributed by atoms with Crippen molar-refractivity contribution in [3.05, 3.63) is 33.8 Å². The highest BCUT2D eigenvalue weighted by molar-refractivity contribution is 6.33. The maximum Gasteiger partial charge on any atom is 0.0454 e.